The first-order valence-electron chi connectivity index (χ1n) is 6.15. The Kier molecular flexibility index (Phi) is 9.37. The number of carbonyl (C=O) groups is 2. The van der Waals surface area contributed by atoms with E-state index in [-0.39, 0.29) is 24.9 Å². The summed E-state index contributed by atoms with van der Waals surface area (Å²) in [4.78, 5) is 22.7. The number of carboxylic acid groups (broad SMARTS) is 1. The number of amides is 1. The first-order valence-corrected chi connectivity index (χ1v) is 6.90. The minimum absolute atomic E-state index is 0. The van der Waals surface area contributed by atoms with E-state index in [0.29, 0.717) is 28.6 Å². The zero-order valence-electron chi connectivity index (χ0n) is 11.4. The molecule has 1 aromatic rings. The maximum Gasteiger partial charge on any atom is 0.320 e. The fourth-order valence-corrected chi connectivity index (χ4v) is 1.94. The molecule has 0 saturated heterocycles. The lowest BCUT2D eigenvalue weighted by Crippen LogP contribution is -2.41. The lowest BCUT2D eigenvalue weighted by Gasteiger charge is -2.13. The number of hydrogen-bond acceptors (Lipinski definition) is 3. The van der Waals surface area contributed by atoms with Crippen LogP contribution in [-0.4, -0.2) is 29.6 Å². The molecule has 0 aliphatic carbocycles. The van der Waals surface area contributed by atoms with Gasteiger partial charge in [-0.1, -0.05) is 36.5 Å². The maximum atomic E-state index is 11.7. The first kappa shape index (κ1) is 20.0. The molecule has 0 aromatic heterocycles. The smallest absolute Gasteiger partial charge is 0.320 e. The van der Waals surface area contributed by atoms with Crippen molar-refractivity contribution < 1.29 is 14.7 Å². The van der Waals surface area contributed by atoms with Crippen molar-refractivity contribution in [2.24, 2.45) is 0 Å². The molecule has 0 radical (unpaired) electrons. The summed E-state index contributed by atoms with van der Waals surface area (Å²) in [5.41, 5.74) is 0.397. The van der Waals surface area contributed by atoms with Crippen LogP contribution in [0, 0.1) is 0 Å². The van der Waals surface area contributed by atoms with Crippen molar-refractivity contribution in [2.75, 3.05) is 11.9 Å². The van der Waals surface area contributed by atoms with E-state index in [0.717, 1.165) is 0 Å². The molecule has 0 saturated carbocycles. The summed E-state index contributed by atoms with van der Waals surface area (Å²) in [5.74, 6) is -1.35. The molecule has 1 atom stereocenters. The van der Waals surface area contributed by atoms with Crippen molar-refractivity contribution in [2.45, 2.75) is 25.8 Å². The van der Waals surface area contributed by atoms with E-state index in [4.69, 9.17) is 28.3 Å². The van der Waals surface area contributed by atoms with Crippen molar-refractivity contribution in [3.8, 4) is 0 Å². The molecule has 1 amide bonds. The molecule has 8 heteroatoms. The lowest BCUT2D eigenvalue weighted by molar-refractivity contribution is -0.139. The molecule has 0 bridgehead atoms. The van der Waals surface area contributed by atoms with Crippen LogP contribution >= 0.6 is 35.6 Å². The topological polar surface area (TPSA) is 78.4 Å². The van der Waals surface area contributed by atoms with E-state index < -0.39 is 12.0 Å². The van der Waals surface area contributed by atoms with Gasteiger partial charge in [0, 0.05) is 5.02 Å². The second-order valence-electron chi connectivity index (χ2n) is 4.23. The third-order valence-corrected chi connectivity index (χ3v) is 3.15. The molecular formula is C13H17Cl3N2O3. The van der Waals surface area contributed by atoms with Crippen LogP contribution in [0.1, 0.15) is 19.8 Å². The van der Waals surface area contributed by atoms with Crippen LogP contribution in [0.4, 0.5) is 5.69 Å². The highest BCUT2D eigenvalue weighted by atomic mass is 35.5. The van der Waals surface area contributed by atoms with E-state index in [9.17, 15) is 9.59 Å². The largest absolute Gasteiger partial charge is 0.480 e. The first-order chi connectivity index (χ1) is 9.43. The number of hydrogen-bond donors (Lipinski definition) is 3. The van der Waals surface area contributed by atoms with Crippen LogP contribution in [-0.2, 0) is 9.59 Å². The molecular weight excluding hydrogens is 339 g/mol. The predicted octanol–water partition coefficient (Wildman–Crippen LogP) is 3.20. The van der Waals surface area contributed by atoms with Crippen molar-refractivity contribution >= 4 is 53.2 Å². The lowest BCUT2D eigenvalue weighted by atomic mass is 10.2. The van der Waals surface area contributed by atoms with Gasteiger partial charge in [0.25, 0.3) is 0 Å². The van der Waals surface area contributed by atoms with Gasteiger partial charge in [-0.05, 0) is 24.6 Å². The molecule has 0 aliphatic heterocycles. The SMILES string of the molecule is CCCC(NCC(=O)Nc1cc(Cl)ccc1Cl)C(=O)O.Cl. The molecule has 0 aliphatic rings. The minimum Gasteiger partial charge on any atom is -0.480 e. The summed E-state index contributed by atoms with van der Waals surface area (Å²) in [6, 6.07) is 3.98. The Bertz CT molecular complexity index is 498. The normalized spacial score (nSPS) is 11.4. The monoisotopic (exact) mass is 354 g/mol. The van der Waals surface area contributed by atoms with Crippen LogP contribution in [0.2, 0.25) is 10.0 Å². The van der Waals surface area contributed by atoms with Crippen molar-refractivity contribution in [1.82, 2.24) is 5.32 Å². The Morgan fingerprint density at radius 3 is 2.57 bits per heavy atom. The van der Waals surface area contributed by atoms with Gasteiger partial charge in [-0.15, -0.1) is 12.4 Å². The fourth-order valence-electron chi connectivity index (χ4n) is 1.61. The predicted molar refractivity (Wildman–Crippen MR) is 86.7 cm³/mol. The molecule has 3 N–H and O–H groups in total. The van der Waals surface area contributed by atoms with Crippen molar-refractivity contribution in [1.29, 1.82) is 0 Å². The van der Waals surface area contributed by atoms with Gasteiger partial charge in [0.2, 0.25) is 5.91 Å². The van der Waals surface area contributed by atoms with Gasteiger partial charge in [0.15, 0.2) is 0 Å². The van der Waals surface area contributed by atoms with Gasteiger partial charge < -0.3 is 10.4 Å². The molecule has 0 heterocycles. The highest BCUT2D eigenvalue weighted by molar-refractivity contribution is 6.35. The molecule has 21 heavy (non-hydrogen) atoms. The quantitative estimate of drug-likeness (QED) is 0.702. The molecule has 1 unspecified atom stereocenters. The van der Waals surface area contributed by atoms with Gasteiger partial charge in [-0.3, -0.25) is 14.9 Å². The third-order valence-electron chi connectivity index (χ3n) is 2.59. The number of carboxylic acids is 1. The standard InChI is InChI=1S/C13H16Cl2N2O3.ClH/c1-2-3-10(13(19)20)16-7-12(18)17-11-6-8(14)4-5-9(11)15;/h4-6,10,16H,2-3,7H2,1H3,(H,17,18)(H,19,20);1H. The van der Waals surface area contributed by atoms with E-state index in [2.05, 4.69) is 10.6 Å². The van der Waals surface area contributed by atoms with Crippen LogP contribution in [0.3, 0.4) is 0 Å². The maximum absolute atomic E-state index is 11.7. The number of carbonyl (C=O) groups excluding carboxylic acids is 1. The Labute approximate surface area is 139 Å². The van der Waals surface area contributed by atoms with Crippen LogP contribution in [0.5, 0.6) is 0 Å². The van der Waals surface area contributed by atoms with Gasteiger partial charge >= 0.3 is 5.97 Å². The summed E-state index contributed by atoms with van der Waals surface area (Å²) < 4.78 is 0. The number of anilines is 1. The second kappa shape index (κ2) is 9.84. The van der Waals surface area contributed by atoms with E-state index in [1.165, 1.54) is 6.07 Å². The van der Waals surface area contributed by atoms with Crippen LogP contribution in [0.25, 0.3) is 0 Å². The van der Waals surface area contributed by atoms with Gasteiger partial charge in [-0.25, -0.2) is 0 Å². The Morgan fingerprint density at radius 2 is 2.00 bits per heavy atom. The van der Waals surface area contributed by atoms with Gasteiger partial charge in [0.05, 0.1) is 17.3 Å². The summed E-state index contributed by atoms with van der Waals surface area (Å²) in [6.45, 7) is 1.77. The van der Waals surface area contributed by atoms with Crippen LogP contribution < -0.4 is 10.6 Å². The molecule has 1 aromatic carbocycles. The summed E-state index contributed by atoms with van der Waals surface area (Å²) in [5, 5.41) is 15.0. The average molecular weight is 356 g/mol. The number of aliphatic carboxylic acids is 1. The van der Waals surface area contributed by atoms with E-state index >= 15 is 0 Å². The number of rotatable bonds is 7. The van der Waals surface area contributed by atoms with Gasteiger partial charge in [0.1, 0.15) is 6.04 Å². The minimum atomic E-state index is -0.972. The molecule has 0 fully saturated rings. The van der Waals surface area contributed by atoms with Crippen LogP contribution in [0.15, 0.2) is 18.2 Å². The van der Waals surface area contributed by atoms with Crippen molar-refractivity contribution in [3.05, 3.63) is 28.2 Å². The Balaban J connectivity index is 0.00000400. The molecule has 0 spiro atoms. The number of benzene rings is 1. The summed E-state index contributed by atoms with van der Waals surface area (Å²) in [7, 11) is 0. The average Bonchev–Trinajstić information content (AvgIpc) is 2.38. The fraction of sp³-hybridized carbons (Fsp3) is 0.385. The molecule has 118 valence electrons. The Hall–Kier alpha value is -1.01. The molecule has 5 nitrogen and oxygen atoms in total. The number of halogens is 3. The highest BCUT2D eigenvalue weighted by Gasteiger charge is 2.17. The molecule has 1 rings (SSSR count). The Morgan fingerprint density at radius 1 is 1.33 bits per heavy atom. The number of nitrogens with one attached hydrogen (secondary N) is 2. The summed E-state index contributed by atoms with van der Waals surface area (Å²) >= 11 is 11.7. The van der Waals surface area contributed by atoms with E-state index in [1.807, 2.05) is 6.92 Å². The third kappa shape index (κ3) is 7.00. The zero-order valence-corrected chi connectivity index (χ0v) is 13.7. The van der Waals surface area contributed by atoms with E-state index in [1.54, 1.807) is 12.1 Å². The van der Waals surface area contributed by atoms with Gasteiger partial charge in [-0.2, -0.15) is 0 Å². The zero-order chi connectivity index (χ0) is 15.1. The second-order valence-corrected chi connectivity index (χ2v) is 5.08. The highest BCUT2D eigenvalue weighted by Crippen LogP contribution is 2.25. The summed E-state index contributed by atoms with van der Waals surface area (Å²) in [6.07, 6.45) is 1.17. The van der Waals surface area contributed by atoms with Crippen molar-refractivity contribution in [3.63, 3.8) is 0 Å².